The van der Waals surface area contributed by atoms with E-state index in [-0.39, 0.29) is 12.0 Å². The van der Waals surface area contributed by atoms with Gasteiger partial charge in [0.25, 0.3) is 0 Å². The van der Waals surface area contributed by atoms with Crippen LogP contribution in [0.1, 0.15) is 18.7 Å². The maximum atomic E-state index is 11.9. The average Bonchev–Trinajstić information content (AvgIpc) is 2.86. The zero-order valence-corrected chi connectivity index (χ0v) is 10.9. The lowest BCUT2D eigenvalue weighted by atomic mass is 10.2. The Labute approximate surface area is 107 Å². The minimum Gasteiger partial charge on any atom is -0.369 e. The number of ether oxygens (including phenoxy) is 1. The molecule has 1 saturated heterocycles. The van der Waals surface area contributed by atoms with Crippen LogP contribution in [0.25, 0.3) is 0 Å². The minimum absolute atomic E-state index is 0.0130. The van der Waals surface area contributed by atoms with E-state index in [1.165, 1.54) is 0 Å². The van der Waals surface area contributed by atoms with E-state index in [4.69, 9.17) is 4.74 Å². The van der Waals surface area contributed by atoms with Crippen LogP contribution in [-0.4, -0.2) is 53.6 Å². The van der Waals surface area contributed by atoms with Crippen molar-refractivity contribution in [2.45, 2.75) is 19.6 Å². The summed E-state index contributed by atoms with van der Waals surface area (Å²) < 4.78 is 7.55. The molecule has 6 heteroatoms. The van der Waals surface area contributed by atoms with Crippen LogP contribution in [0.5, 0.6) is 0 Å². The monoisotopic (exact) mass is 252 g/mol. The fourth-order valence-corrected chi connectivity index (χ4v) is 1.93. The summed E-state index contributed by atoms with van der Waals surface area (Å²) in [7, 11) is 1.80. The second kappa shape index (κ2) is 5.97. The molecule has 1 aromatic rings. The molecule has 1 fully saturated rings. The number of rotatable bonds is 4. The number of likely N-dealkylation sites (N-methyl/N-ethyl adjacent to an activating group) is 1. The lowest BCUT2D eigenvalue weighted by Gasteiger charge is -2.25. The predicted octanol–water partition coefficient (Wildman–Crippen LogP) is 0.0223. The molecule has 1 aromatic heterocycles. The van der Waals surface area contributed by atoms with Gasteiger partial charge in [0.15, 0.2) is 0 Å². The predicted molar refractivity (Wildman–Crippen MR) is 67.1 cm³/mol. The second-order valence-corrected chi connectivity index (χ2v) is 4.42. The Balaban J connectivity index is 2.05. The van der Waals surface area contributed by atoms with Crippen LogP contribution in [-0.2, 0) is 16.1 Å². The van der Waals surface area contributed by atoms with Gasteiger partial charge in [0.2, 0.25) is 5.91 Å². The minimum atomic E-state index is -0.0130. The molecule has 0 saturated carbocycles. The van der Waals surface area contributed by atoms with E-state index in [0.717, 1.165) is 18.8 Å². The molecule has 1 aliphatic heterocycles. The summed E-state index contributed by atoms with van der Waals surface area (Å²) in [5.41, 5.74) is 0.958. The van der Waals surface area contributed by atoms with Crippen molar-refractivity contribution in [3.63, 3.8) is 0 Å². The first kappa shape index (κ1) is 13.0. The summed E-state index contributed by atoms with van der Waals surface area (Å²) in [6.07, 6.45) is 3.45. The maximum Gasteiger partial charge on any atom is 0.242 e. The largest absolute Gasteiger partial charge is 0.369 e. The van der Waals surface area contributed by atoms with Crippen LogP contribution >= 0.6 is 0 Å². The van der Waals surface area contributed by atoms with E-state index in [0.29, 0.717) is 19.7 Å². The van der Waals surface area contributed by atoms with E-state index in [1.807, 2.05) is 11.5 Å². The number of amides is 1. The van der Waals surface area contributed by atoms with Crippen LogP contribution in [0.2, 0.25) is 0 Å². The second-order valence-electron chi connectivity index (χ2n) is 4.42. The first-order valence-electron chi connectivity index (χ1n) is 6.28. The Morgan fingerprint density at radius 2 is 2.56 bits per heavy atom. The van der Waals surface area contributed by atoms with E-state index in [1.54, 1.807) is 24.5 Å². The highest BCUT2D eigenvalue weighted by molar-refractivity contribution is 5.75. The van der Waals surface area contributed by atoms with Crippen molar-refractivity contribution < 1.29 is 9.53 Å². The summed E-state index contributed by atoms with van der Waals surface area (Å²) in [5.74, 6) is 0.0838. The zero-order valence-electron chi connectivity index (χ0n) is 10.9. The van der Waals surface area contributed by atoms with Gasteiger partial charge in [-0.05, 0) is 6.92 Å². The van der Waals surface area contributed by atoms with Gasteiger partial charge in [-0.1, -0.05) is 0 Å². The normalized spacial score (nSPS) is 19.8. The fourth-order valence-electron chi connectivity index (χ4n) is 1.93. The van der Waals surface area contributed by atoms with Gasteiger partial charge in [0.05, 0.1) is 24.8 Å². The van der Waals surface area contributed by atoms with Gasteiger partial charge >= 0.3 is 0 Å². The quantitative estimate of drug-likeness (QED) is 0.821. The Morgan fingerprint density at radius 3 is 3.22 bits per heavy atom. The van der Waals surface area contributed by atoms with Crippen LogP contribution in [0, 0.1) is 0 Å². The molecule has 18 heavy (non-hydrogen) atoms. The Hall–Kier alpha value is -1.40. The third kappa shape index (κ3) is 2.88. The van der Waals surface area contributed by atoms with Gasteiger partial charge in [-0.3, -0.25) is 4.79 Å². The molecule has 1 unspecified atom stereocenters. The molecule has 1 atom stereocenters. The number of carbonyl (C=O) groups excluding carboxylic acids is 1. The van der Waals surface area contributed by atoms with Gasteiger partial charge in [0.1, 0.15) is 12.6 Å². The van der Waals surface area contributed by atoms with E-state index < -0.39 is 0 Å². The Bertz CT molecular complexity index is 399. The molecule has 1 N–H and O–H groups in total. The zero-order chi connectivity index (χ0) is 13.0. The number of nitrogens with zero attached hydrogens (tertiary/aromatic N) is 3. The van der Waals surface area contributed by atoms with Crippen LogP contribution < -0.4 is 5.32 Å². The maximum absolute atomic E-state index is 11.9. The number of aromatic nitrogens is 2. The molecule has 6 nitrogen and oxygen atoms in total. The molecule has 1 amide bonds. The molecule has 0 radical (unpaired) electrons. The topological polar surface area (TPSA) is 59.4 Å². The SMILES string of the molecule is CCN(C)C(=O)Cn1cncc1C1CNCCO1. The van der Waals surface area contributed by atoms with Crippen LogP contribution in [0.15, 0.2) is 12.5 Å². The van der Waals surface area contributed by atoms with Crippen LogP contribution in [0.4, 0.5) is 0 Å². The third-order valence-electron chi connectivity index (χ3n) is 3.21. The van der Waals surface area contributed by atoms with Gasteiger partial charge in [-0.2, -0.15) is 0 Å². The van der Waals surface area contributed by atoms with Gasteiger partial charge in [-0.15, -0.1) is 0 Å². The molecule has 0 aromatic carbocycles. The molecule has 2 rings (SSSR count). The number of carbonyl (C=O) groups is 1. The summed E-state index contributed by atoms with van der Waals surface area (Å²) in [4.78, 5) is 17.7. The molecule has 2 heterocycles. The lowest BCUT2D eigenvalue weighted by Crippen LogP contribution is -2.35. The van der Waals surface area contributed by atoms with E-state index >= 15 is 0 Å². The number of morpholine rings is 1. The number of hydrogen-bond donors (Lipinski definition) is 1. The Morgan fingerprint density at radius 1 is 1.72 bits per heavy atom. The lowest BCUT2D eigenvalue weighted by molar-refractivity contribution is -0.130. The van der Waals surface area contributed by atoms with Crippen molar-refractivity contribution in [2.24, 2.45) is 0 Å². The third-order valence-corrected chi connectivity index (χ3v) is 3.21. The molecule has 0 aliphatic carbocycles. The summed E-state index contributed by atoms with van der Waals surface area (Å²) in [6, 6.07) is 0. The van der Waals surface area contributed by atoms with Crippen molar-refractivity contribution >= 4 is 5.91 Å². The number of nitrogens with one attached hydrogen (secondary N) is 1. The number of imidazole rings is 1. The molecular formula is C12H20N4O2. The summed E-state index contributed by atoms with van der Waals surface area (Å²) >= 11 is 0. The molecular weight excluding hydrogens is 232 g/mol. The highest BCUT2D eigenvalue weighted by atomic mass is 16.5. The van der Waals surface area contributed by atoms with Crippen molar-refractivity contribution in [2.75, 3.05) is 33.3 Å². The molecule has 100 valence electrons. The van der Waals surface area contributed by atoms with Crippen molar-refractivity contribution in [1.29, 1.82) is 0 Å². The first-order valence-corrected chi connectivity index (χ1v) is 6.28. The van der Waals surface area contributed by atoms with Crippen molar-refractivity contribution in [1.82, 2.24) is 19.8 Å². The number of hydrogen-bond acceptors (Lipinski definition) is 4. The Kier molecular flexibility index (Phi) is 4.33. The van der Waals surface area contributed by atoms with Crippen molar-refractivity contribution in [3.05, 3.63) is 18.2 Å². The standard InChI is InChI=1S/C12H20N4O2/c1-3-15(2)12(17)8-16-9-14-6-10(16)11-7-13-4-5-18-11/h6,9,11,13H,3-5,7-8H2,1-2H3. The summed E-state index contributed by atoms with van der Waals surface area (Å²) in [6.45, 7) is 5.33. The van der Waals surface area contributed by atoms with Crippen LogP contribution in [0.3, 0.4) is 0 Å². The summed E-state index contributed by atoms with van der Waals surface area (Å²) in [5, 5.41) is 3.28. The van der Waals surface area contributed by atoms with E-state index in [2.05, 4.69) is 10.3 Å². The molecule has 0 spiro atoms. The van der Waals surface area contributed by atoms with Gasteiger partial charge in [0, 0.05) is 26.7 Å². The smallest absolute Gasteiger partial charge is 0.242 e. The molecule has 0 bridgehead atoms. The highest BCUT2D eigenvalue weighted by Crippen LogP contribution is 2.18. The first-order chi connectivity index (χ1) is 8.72. The van der Waals surface area contributed by atoms with Gasteiger partial charge in [-0.25, -0.2) is 4.98 Å². The van der Waals surface area contributed by atoms with Crippen molar-refractivity contribution in [3.8, 4) is 0 Å². The average molecular weight is 252 g/mol. The fraction of sp³-hybridized carbons (Fsp3) is 0.667. The molecule has 1 aliphatic rings. The van der Waals surface area contributed by atoms with E-state index in [9.17, 15) is 4.79 Å². The highest BCUT2D eigenvalue weighted by Gasteiger charge is 2.20. The van der Waals surface area contributed by atoms with Gasteiger partial charge < -0.3 is 19.5 Å².